The minimum Gasteiger partial charge on any atom is -0.354 e. The molecule has 0 aromatic rings. The minimum atomic E-state index is 0. The van der Waals surface area contributed by atoms with Crippen LogP contribution in [0.4, 0.5) is 0 Å². The normalized spacial score (nSPS) is 20.8. The van der Waals surface area contributed by atoms with Crippen LogP contribution in [0.25, 0.3) is 0 Å². The Balaban J connectivity index is 0.00000529. The molecule has 0 radical (unpaired) electrons. The average Bonchev–Trinajstić information content (AvgIpc) is 2.50. The smallest absolute Gasteiger partial charge is 0.243 e. The van der Waals surface area contributed by atoms with Crippen LogP contribution in [-0.2, 0) is 4.79 Å². The summed E-state index contributed by atoms with van der Waals surface area (Å²) in [6.07, 6.45) is 4.88. The number of carbonyl (C=O) groups is 1. The summed E-state index contributed by atoms with van der Waals surface area (Å²) in [6.45, 7) is 8.94. The third kappa shape index (κ3) is 9.76. The van der Waals surface area contributed by atoms with E-state index in [2.05, 4.69) is 29.1 Å². The van der Waals surface area contributed by atoms with Crippen molar-refractivity contribution in [3.63, 3.8) is 0 Å². The first-order valence-electron chi connectivity index (χ1n) is 8.43. The Kier molecular flexibility index (Phi) is 12.6. The number of amides is 1. The molecule has 0 aromatic carbocycles. The van der Waals surface area contributed by atoms with Gasteiger partial charge in [0.05, 0.1) is 0 Å². The second kappa shape index (κ2) is 12.9. The van der Waals surface area contributed by atoms with Crippen molar-refractivity contribution in [2.75, 3.05) is 32.9 Å². The number of hydrogen-bond donors (Lipinski definition) is 2. The highest BCUT2D eigenvalue weighted by Crippen LogP contribution is 2.28. The highest BCUT2D eigenvalue weighted by molar-refractivity contribution is 14.0. The van der Waals surface area contributed by atoms with Crippen LogP contribution >= 0.6 is 35.7 Å². The topological polar surface area (TPSA) is 56.7 Å². The number of nitrogens with one attached hydrogen (secondary N) is 2. The number of guanidine groups is 1. The molecule has 1 amide bonds. The molecule has 0 bridgehead atoms. The molecular weight excluding hydrogens is 435 g/mol. The van der Waals surface area contributed by atoms with Crippen LogP contribution in [0.15, 0.2) is 17.1 Å². The SMILES string of the molecule is C=C(C)CNC(=NCC(=O)N(C)C)NC1CCCC(SCC)C1.I. The molecule has 1 aliphatic carbocycles. The van der Waals surface area contributed by atoms with Crippen LogP contribution in [0, 0.1) is 0 Å². The Labute approximate surface area is 168 Å². The summed E-state index contributed by atoms with van der Waals surface area (Å²) in [7, 11) is 3.50. The van der Waals surface area contributed by atoms with Gasteiger partial charge in [0, 0.05) is 31.9 Å². The highest BCUT2D eigenvalue weighted by atomic mass is 127. The van der Waals surface area contributed by atoms with Gasteiger partial charge in [-0.15, -0.1) is 24.0 Å². The van der Waals surface area contributed by atoms with E-state index < -0.39 is 0 Å². The number of likely N-dealkylation sites (N-methyl/N-ethyl adjacent to an activating group) is 1. The standard InChI is InChI=1S/C17H32N4OS.HI/c1-6-23-15-9-7-8-14(10-15)20-17(18-11-13(2)3)19-12-16(22)21(4)5;/h14-15H,2,6-12H2,1,3-5H3,(H2,18,19,20);1H. The molecule has 1 saturated carbocycles. The number of nitrogens with zero attached hydrogens (tertiary/aromatic N) is 2. The van der Waals surface area contributed by atoms with Gasteiger partial charge in [-0.05, 0) is 31.9 Å². The van der Waals surface area contributed by atoms with E-state index >= 15 is 0 Å². The Morgan fingerprint density at radius 3 is 2.67 bits per heavy atom. The summed E-state index contributed by atoms with van der Waals surface area (Å²) >= 11 is 2.05. The first kappa shape index (κ1) is 23.6. The molecule has 2 unspecified atom stereocenters. The Hall–Kier alpha value is -0.440. The van der Waals surface area contributed by atoms with E-state index in [9.17, 15) is 4.79 Å². The summed E-state index contributed by atoms with van der Waals surface area (Å²) in [4.78, 5) is 17.8. The molecule has 1 rings (SSSR count). The summed E-state index contributed by atoms with van der Waals surface area (Å²) < 4.78 is 0. The Morgan fingerprint density at radius 2 is 2.08 bits per heavy atom. The van der Waals surface area contributed by atoms with Crippen molar-refractivity contribution in [3.05, 3.63) is 12.2 Å². The molecule has 140 valence electrons. The second-order valence-corrected chi connectivity index (χ2v) is 7.93. The van der Waals surface area contributed by atoms with E-state index in [-0.39, 0.29) is 36.4 Å². The van der Waals surface area contributed by atoms with Crippen molar-refractivity contribution in [1.29, 1.82) is 0 Å². The molecule has 24 heavy (non-hydrogen) atoms. The lowest BCUT2D eigenvalue weighted by molar-refractivity contribution is -0.127. The molecule has 1 fully saturated rings. The van der Waals surface area contributed by atoms with E-state index in [1.54, 1.807) is 19.0 Å². The van der Waals surface area contributed by atoms with Crippen molar-refractivity contribution < 1.29 is 4.79 Å². The maximum absolute atomic E-state index is 11.8. The Morgan fingerprint density at radius 1 is 1.38 bits per heavy atom. The van der Waals surface area contributed by atoms with Crippen LogP contribution in [0.5, 0.6) is 0 Å². The molecule has 2 atom stereocenters. The van der Waals surface area contributed by atoms with E-state index in [1.165, 1.54) is 18.6 Å². The second-order valence-electron chi connectivity index (χ2n) is 6.35. The van der Waals surface area contributed by atoms with Gasteiger partial charge in [0.25, 0.3) is 0 Å². The van der Waals surface area contributed by atoms with Crippen LogP contribution < -0.4 is 10.6 Å². The molecule has 0 spiro atoms. The zero-order valence-corrected chi connectivity index (χ0v) is 18.6. The first-order valence-corrected chi connectivity index (χ1v) is 9.48. The number of rotatable bonds is 7. The van der Waals surface area contributed by atoms with Crippen LogP contribution in [0.2, 0.25) is 0 Å². The number of aliphatic imine (C=N–C) groups is 1. The minimum absolute atomic E-state index is 0. The zero-order chi connectivity index (χ0) is 17.2. The third-order valence-corrected chi connectivity index (χ3v) is 5.03. The van der Waals surface area contributed by atoms with Gasteiger partial charge in [0.1, 0.15) is 6.54 Å². The van der Waals surface area contributed by atoms with Crippen LogP contribution in [0.3, 0.4) is 0 Å². The maximum Gasteiger partial charge on any atom is 0.243 e. The van der Waals surface area contributed by atoms with Crippen molar-refractivity contribution in [2.45, 2.75) is 50.8 Å². The van der Waals surface area contributed by atoms with E-state index in [0.717, 1.165) is 29.6 Å². The van der Waals surface area contributed by atoms with Crippen molar-refractivity contribution in [2.24, 2.45) is 4.99 Å². The van der Waals surface area contributed by atoms with Crippen molar-refractivity contribution >= 4 is 47.6 Å². The quantitative estimate of drug-likeness (QED) is 0.261. The van der Waals surface area contributed by atoms with Gasteiger partial charge in [-0.25, -0.2) is 4.99 Å². The maximum atomic E-state index is 11.8. The van der Waals surface area contributed by atoms with Gasteiger partial charge in [0.15, 0.2) is 5.96 Å². The molecule has 1 aliphatic rings. The molecular formula is C17H33IN4OS. The van der Waals surface area contributed by atoms with Gasteiger partial charge in [-0.2, -0.15) is 11.8 Å². The predicted octanol–water partition coefficient (Wildman–Crippen LogP) is 2.87. The van der Waals surface area contributed by atoms with E-state index in [1.807, 2.05) is 18.7 Å². The molecule has 0 aromatic heterocycles. The lowest BCUT2D eigenvalue weighted by atomic mass is 9.95. The highest BCUT2D eigenvalue weighted by Gasteiger charge is 2.22. The molecule has 2 N–H and O–H groups in total. The summed E-state index contributed by atoms with van der Waals surface area (Å²) in [6, 6.07) is 0.429. The summed E-state index contributed by atoms with van der Waals surface area (Å²) in [5, 5.41) is 7.51. The van der Waals surface area contributed by atoms with E-state index in [0.29, 0.717) is 12.6 Å². The molecule has 0 heterocycles. The number of halogens is 1. The fourth-order valence-electron chi connectivity index (χ4n) is 2.53. The third-order valence-electron chi connectivity index (χ3n) is 3.80. The van der Waals surface area contributed by atoms with Gasteiger partial charge in [-0.1, -0.05) is 25.5 Å². The van der Waals surface area contributed by atoms with Gasteiger partial charge < -0.3 is 15.5 Å². The fourth-order valence-corrected chi connectivity index (χ4v) is 3.70. The largest absolute Gasteiger partial charge is 0.354 e. The van der Waals surface area contributed by atoms with Crippen molar-refractivity contribution in [3.8, 4) is 0 Å². The number of carbonyl (C=O) groups excluding carboxylic acids is 1. The monoisotopic (exact) mass is 468 g/mol. The van der Waals surface area contributed by atoms with Gasteiger partial charge in [0.2, 0.25) is 5.91 Å². The van der Waals surface area contributed by atoms with Crippen LogP contribution in [-0.4, -0.2) is 61.0 Å². The lowest BCUT2D eigenvalue weighted by Crippen LogP contribution is -2.46. The molecule has 0 saturated heterocycles. The van der Waals surface area contributed by atoms with Gasteiger partial charge >= 0.3 is 0 Å². The van der Waals surface area contributed by atoms with Crippen LogP contribution in [0.1, 0.15) is 39.5 Å². The molecule has 0 aliphatic heterocycles. The summed E-state index contributed by atoms with van der Waals surface area (Å²) in [5.74, 6) is 1.89. The fraction of sp³-hybridized carbons (Fsp3) is 0.765. The Bertz CT molecular complexity index is 427. The number of thioether (sulfide) groups is 1. The average molecular weight is 468 g/mol. The number of hydrogen-bond acceptors (Lipinski definition) is 3. The van der Waals surface area contributed by atoms with E-state index in [4.69, 9.17) is 0 Å². The zero-order valence-electron chi connectivity index (χ0n) is 15.4. The lowest BCUT2D eigenvalue weighted by Gasteiger charge is -2.30. The molecule has 7 heteroatoms. The predicted molar refractivity (Wildman–Crippen MR) is 117 cm³/mol. The van der Waals surface area contributed by atoms with Crippen molar-refractivity contribution in [1.82, 2.24) is 15.5 Å². The summed E-state index contributed by atoms with van der Waals surface area (Å²) in [5.41, 5.74) is 1.04. The van der Waals surface area contributed by atoms with Gasteiger partial charge in [-0.3, -0.25) is 4.79 Å². The first-order chi connectivity index (χ1) is 10.9. The molecule has 5 nitrogen and oxygen atoms in total.